The van der Waals surface area contributed by atoms with Gasteiger partial charge in [-0.2, -0.15) is 0 Å². The number of amides is 2. The minimum Gasteiger partial charge on any atom is -0.366 e. The van der Waals surface area contributed by atoms with E-state index < -0.39 is 16.7 Å². The Morgan fingerprint density at radius 3 is 2.50 bits per heavy atom. The molecule has 1 rings (SSSR count). The molecule has 0 aliphatic carbocycles. The van der Waals surface area contributed by atoms with Gasteiger partial charge in [0.15, 0.2) is 0 Å². The molecule has 0 aliphatic rings. The van der Waals surface area contributed by atoms with Crippen molar-refractivity contribution in [2.75, 3.05) is 5.32 Å². The third-order valence-corrected chi connectivity index (χ3v) is 1.79. The Kier molecular flexibility index (Phi) is 3.19. The first-order chi connectivity index (χ1) is 7.41. The summed E-state index contributed by atoms with van der Waals surface area (Å²) in [5.41, 5.74) is 4.89. The fourth-order valence-corrected chi connectivity index (χ4v) is 1.15. The molecule has 84 valence electrons. The molecule has 0 spiro atoms. The number of primary amides is 1. The van der Waals surface area contributed by atoms with Gasteiger partial charge in [0.2, 0.25) is 5.91 Å². The topological polar surface area (TPSA) is 115 Å². The van der Waals surface area contributed by atoms with Gasteiger partial charge in [0.25, 0.3) is 11.6 Å². The van der Waals surface area contributed by atoms with Crippen LogP contribution in [0.2, 0.25) is 0 Å². The van der Waals surface area contributed by atoms with Crippen molar-refractivity contribution in [3.63, 3.8) is 0 Å². The Hall–Kier alpha value is -2.44. The number of carbonyl (C=O) groups is 2. The monoisotopic (exact) mass is 223 g/mol. The van der Waals surface area contributed by atoms with Crippen LogP contribution < -0.4 is 11.1 Å². The second-order valence-electron chi connectivity index (χ2n) is 3.03. The van der Waals surface area contributed by atoms with Crippen LogP contribution in [0, 0.1) is 10.1 Å². The second kappa shape index (κ2) is 4.39. The van der Waals surface area contributed by atoms with Crippen molar-refractivity contribution in [2.24, 2.45) is 5.73 Å². The maximum absolute atomic E-state index is 11.0. The quantitative estimate of drug-likeness (QED) is 0.578. The van der Waals surface area contributed by atoms with Gasteiger partial charge in [-0.3, -0.25) is 19.7 Å². The van der Waals surface area contributed by atoms with E-state index in [1.54, 1.807) is 0 Å². The third-order valence-electron chi connectivity index (χ3n) is 1.79. The van der Waals surface area contributed by atoms with E-state index in [-0.39, 0.29) is 16.9 Å². The molecule has 0 fully saturated rings. The number of carbonyl (C=O) groups excluding carboxylic acids is 2. The Bertz CT molecular complexity index is 470. The highest BCUT2D eigenvalue weighted by Crippen LogP contribution is 2.22. The average Bonchev–Trinajstić information content (AvgIpc) is 2.15. The molecular formula is C9H9N3O4. The van der Waals surface area contributed by atoms with Crippen LogP contribution in [0.3, 0.4) is 0 Å². The van der Waals surface area contributed by atoms with Crippen LogP contribution in [0.1, 0.15) is 17.3 Å². The summed E-state index contributed by atoms with van der Waals surface area (Å²) in [6.45, 7) is 1.23. The molecule has 2 amide bonds. The lowest BCUT2D eigenvalue weighted by Gasteiger charge is -2.06. The number of nitro groups is 1. The van der Waals surface area contributed by atoms with E-state index in [0.29, 0.717) is 0 Å². The molecule has 3 N–H and O–H groups in total. The number of rotatable bonds is 3. The standard InChI is InChI=1S/C9H9N3O4/c1-5(13)11-8-4-6(12(15)16)2-3-7(8)9(10)14/h2-4H,1H3,(H2,10,14)(H,11,13). The van der Waals surface area contributed by atoms with E-state index in [0.717, 1.165) is 12.1 Å². The minimum atomic E-state index is -0.765. The van der Waals surface area contributed by atoms with Crippen LogP contribution in [-0.2, 0) is 4.79 Å². The van der Waals surface area contributed by atoms with Gasteiger partial charge in [-0.05, 0) is 6.07 Å². The molecule has 1 aromatic rings. The molecule has 0 unspecified atom stereocenters. The van der Waals surface area contributed by atoms with Crippen LogP contribution in [-0.4, -0.2) is 16.7 Å². The Labute approximate surface area is 90.4 Å². The molecule has 0 saturated heterocycles. The normalized spacial score (nSPS) is 9.56. The molecule has 0 saturated carbocycles. The maximum Gasteiger partial charge on any atom is 0.271 e. The van der Waals surface area contributed by atoms with Gasteiger partial charge >= 0.3 is 0 Å². The van der Waals surface area contributed by atoms with Crippen LogP contribution in [0.25, 0.3) is 0 Å². The van der Waals surface area contributed by atoms with Crippen molar-refractivity contribution in [1.82, 2.24) is 0 Å². The van der Waals surface area contributed by atoms with E-state index in [1.165, 1.54) is 13.0 Å². The van der Waals surface area contributed by atoms with E-state index in [2.05, 4.69) is 5.32 Å². The first-order valence-corrected chi connectivity index (χ1v) is 4.27. The minimum absolute atomic E-state index is 0.0285. The Balaban J connectivity index is 3.26. The van der Waals surface area contributed by atoms with Gasteiger partial charge in [-0.25, -0.2) is 0 Å². The molecule has 0 atom stereocenters. The van der Waals surface area contributed by atoms with Gasteiger partial charge < -0.3 is 11.1 Å². The zero-order valence-corrected chi connectivity index (χ0v) is 8.39. The number of nitrogens with two attached hydrogens (primary N) is 1. The number of non-ortho nitro benzene ring substituents is 1. The fraction of sp³-hybridized carbons (Fsp3) is 0.111. The zero-order valence-electron chi connectivity index (χ0n) is 8.39. The number of nitro benzene ring substituents is 1. The molecule has 7 heteroatoms. The van der Waals surface area contributed by atoms with Crippen LogP contribution in [0.5, 0.6) is 0 Å². The lowest BCUT2D eigenvalue weighted by atomic mass is 10.1. The molecule has 16 heavy (non-hydrogen) atoms. The number of hydrogen-bond acceptors (Lipinski definition) is 4. The lowest BCUT2D eigenvalue weighted by molar-refractivity contribution is -0.384. The molecule has 0 aliphatic heterocycles. The summed E-state index contributed by atoms with van der Waals surface area (Å²) in [6.07, 6.45) is 0. The highest BCUT2D eigenvalue weighted by molar-refractivity contribution is 6.03. The molecule has 1 aromatic carbocycles. The molecule has 0 radical (unpaired) electrons. The van der Waals surface area contributed by atoms with Gasteiger partial charge in [0, 0.05) is 19.1 Å². The first kappa shape index (κ1) is 11.6. The number of nitrogens with zero attached hydrogens (tertiary/aromatic N) is 1. The van der Waals surface area contributed by atoms with Crippen molar-refractivity contribution in [3.8, 4) is 0 Å². The number of hydrogen-bond donors (Lipinski definition) is 2. The number of nitrogens with one attached hydrogen (secondary N) is 1. The van der Waals surface area contributed by atoms with Crippen molar-refractivity contribution in [3.05, 3.63) is 33.9 Å². The van der Waals surface area contributed by atoms with Crippen LogP contribution >= 0.6 is 0 Å². The van der Waals surface area contributed by atoms with Crippen molar-refractivity contribution >= 4 is 23.2 Å². The van der Waals surface area contributed by atoms with E-state index in [4.69, 9.17) is 5.73 Å². The third kappa shape index (κ3) is 2.53. The van der Waals surface area contributed by atoms with Gasteiger partial charge in [0.1, 0.15) is 0 Å². The molecule has 0 bridgehead atoms. The summed E-state index contributed by atoms with van der Waals surface area (Å²) < 4.78 is 0. The average molecular weight is 223 g/mol. The van der Waals surface area contributed by atoms with E-state index in [9.17, 15) is 19.7 Å². The smallest absolute Gasteiger partial charge is 0.271 e. The molecular weight excluding hydrogens is 214 g/mol. The predicted molar refractivity (Wildman–Crippen MR) is 55.9 cm³/mol. The van der Waals surface area contributed by atoms with Crippen LogP contribution in [0.15, 0.2) is 18.2 Å². The summed E-state index contributed by atoms with van der Waals surface area (Å²) >= 11 is 0. The van der Waals surface area contributed by atoms with E-state index in [1.807, 2.05) is 0 Å². The van der Waals surface area contributed by atoms with Crippen molar-refractivity contribution in [2.45, 2.75) is 6.92 Å². The van der Waals surface area contributed by atoms with E-state index >= 15 is 0 Å². The molecule has 0 aromatic heterocycles. The Morgan fingerprint density at radius 2 is 2.06 bits per heavy atom. The SMILES string of the molecule is CC(=O)Nc1cc([N+](=O)[O-])ccc1C(N)=O. The van der Waals surface area contributed by atoms with Crippen molar-refractivity contribution < 1.29 is 14.5 Å². The highest BCUT2D eigenvalue weighted by Gasteiger charge is 2.14. The summed E-state index contributed by atoms with van der Waals surface area (Å²) in [7, 11) is 0. The van der Waals surface area contributed by atoms with Crippen LogP contribution in [0.4, 0.5) is 11.4 Å². The number of benzene rings is 1. The maximum atomic E-state index is 11.0. The summed E-state index contributed by atoms with van der Waals surface area (Å²) in [5, 5.41) is 12.8. The summed E-state index contributed by atoms with van der Waals surface area (Å²) in [5.74, 6) is -1.21. The zero-order chi connectivity index (χ0) is 12.3. The largest absolute Gasteiger partial charge is 0.366 e. The predicted octanol–water partition coefficient (Wildman–Crippen LogP) is 0.652. The second-order valence-corrected chi connectivity index (χ2v) is 3.03. The summed E-state index contributed by atoms with van der Waals surface area (Å²) in [4.78, 5) is 31.7. The van der Waals surface area contributed by atoms with Gasteiger partial charge in [-0.15, -0.1) is 0 Å². The lowest BCUT2D eigenvalue weighted by Crippen LogP contribution is -2.16. The number of anilines is 1. The van der Waals surface area contributed by atoms with Gasteiger partial charge in [0.05, 0.1) is 16.2 Å². The highest BCUT2D eigenvalue weighted by atomic mass is 16.6. The Morgan fingerprint density at radius 1 is 1.44 bits per heavy atom. The molecule has 0 heterocycles. The summed E-state index contributed by atoms with van der Waals surface area (Å²) in [6, 6.07) is 3.43. The fourth-order valence-electron chi connectivity index (χ4n) is 1.15. The molecule has 7 nitrogen and oxygen atoms in total. The van der Waals surface area contributed by atoms with Crippen molar-refractivity contribution in [1.29, 1.82) is 0 Å². The van der Waals surface area contributed by atoms with Gasteiger partial charge in [-0.1, -0.05) is 0 Å². The first-order valence-electron chi connectivity index (χ1n) is 4.27.